The van der Waals surface area contributed by atoms with Crippen LogP contribution in [0.25, 0.3) is 0 Å². The zero-order valence-electron chi connectivity index (χ0n) is 9.37. The highest BCUT2D eigenvalue weighted by Crippen LogP contribution is 2.31. The molecule has 0 aliphatic carbocycles. The van der Waals surface area contributed by atoms with Crippen molar-refractivity contribution in [2.45, 2.75) is 19.1 Å². The third kappa shape index (κ3) is 2.22. The van der Waals surface area contributed by atoms with Crippen molar-refractivity contribution in [2.24, 2.45) is 0 Å². The zero-order chi connectivity index (χ0) is 12.4. The van der Waals surface area contributed by atoms with E-state index in [1.165, 1.54) is 4.90 Å². The maximum absolute atomic E-state index is 11.5. The second kappa shape index (κ2) is 4.45. The van der Waals surface area contributed by atoms with Crippen molar-refractivity contribution < 1.29 is 19.4 Å². The molecular weight excluding hydrogens is 222 g/mol. The minimum atomic E-state index is -1.04. The van der Waals surface area contributed by atoms with Gasteiger partial charge in [0.05, 0.1) is 6.04 Å². The molecular formula is C12H13NO4. The Kier molecular flexibility index (Phi) is 2.99. The van der Waals surface area contributed by atoms with E-state index in [9.17, 15) is 9.59 Å². The minimum Gasteiger partial charge on any atom is -0.480 e. The zero-order valence-corrected chi connectivity index (χ0v) is 9.37. The smallest absolute Gasteiger partial charge is 0.411 e. The van der Waals surface area contributed by atoms with Gasteiger partial charge in [0, 0.05) is 0 Å². The molecule has 1 aliphatic rings. The lowest BCUT2D eigenvalue weighted by atomic mass is 10.0. The van der Waals surface area contributed by atoms with Crippen LogP contribution >= 0.6 is 0 Å². The summed E-state index contributed by atoms with van der Waals surface area (Å²) in [5.41, 5.74) is 0.876. The molecule has 1 aliphatic heterocycles. The molecule has 1 heterocycles. The first-order valence-corrected chi connectivity index (χ1v) is 5.33. The predicted molar refractivity (Wildman–Crippen MR) is 59.5 cm³/mol. The average Bonchev–Trinajstić information content (AvgIpc) is 2.58. The number of carboxylic acid groups (broad SMARTS) is 1. The minimum absolute atomic E-state index is 0.277. The van der Waals surface area contributed by atoms with Crippen molar-refractivity contribution in [3.63, 3.8) is 0 Å². The van der Waals surface area contributed by atoms with Crippen LogP contribution in [0.2, 0.25) is 0 Å². The highest BCUT2D eigenvalue weighted by molar-refractivity contribution is 5.78. The number of aliphatic carboxylic acids is 1. The van der Waals surface area contributed by atoms with Crippen LogP contribution in [0.4, 0.5) is 4.79 Å². The topological polar surface area (TPSA) is 66.8 Å². The lowest BCUT2D eigenvalue weighted by Crippen LogP contribution is -2.36. The molecule has 5 heteroatoms. The first-order chi connectivity index (χ1) is 8.09. The molecule has 1 amide bonds. The van der Waals surface area contributed by atoms with Crippen molar-refractivity contribution >= 4 is 12.1 Å². The first kappa shape index (κ1) is 11.4. The summed E-state index contributed by atoms with van der Waals surface area (Å²) in [5, 5.41) is 8.72. The molecule has 0 radical (unpaired) electrons. The average molecular weight is 235 g/mol. The van der Waals surface area contributed by atoms with Gasteiger partial charge in [-0.15, -0.1) is 0 Å². The van der Waals surface area contributed by atoms with E-state index in [0.717, 1.165) is 5.56 Å². The largest absolute Gasteiger partial charge is 0.480 e. The summed E-state index contributed by atoms with van der Waals surface area (Å²) in [6.45, 7) is 1.45. The Labute approximate surface area is 98.6 Å². The van der Waals surface area contributed by atoms with Crippen LogP contribution in [-0.2, 0) is 9.53 Å². The summed E-state index contributed by atoms with van der Waals surface area (Å²) in [6.07, 6.45) is -0.975. The Morgan fingerprint density at radius 2 is 2.06 bits per heavy atom. The van der Waals surface area contributed by atoms with Gasteiger partial charge in [0.1, 0.15) is 12.6 Å². The number of ether oxygens (including phenoxy) is 1. The van der Waals surface area contributed by atoms with Crippen LogP contribution in [0.1, 0.15) is 18.6 Å². The number of nitrogens with zero attached hydrogens (tertiary/aromatic N) is 1. The molecule has 1 saturated heterocycles. The fourth-order valence-electron chi connectivity index (χ4n) is 1.95. The fraction of sp³-hybridized carbons (Fsp3) is 0.333. The number of rotatable bonds is 3. The van der Waals surface area contributed by atoms with Crippen molar-refractivity contribution in [1.29, 1.82) is 0 Å². The molecule has 2 rings (SSSR count). The van der Waals surface area contributed by atoms with Gasteiger partial charge < -0.3 is 9.84 Å². The van der Waals surface area contributed by atoms with Gasteiger partial charge in [-0.2, -0.15) is 0 Å². The Morgan fingerprint density at radius 1 is 1.41 bits per heavy atom. The molecule has 0 aromatic heterocycles. The molecule has 2 atom stereocenters. The van der Waals surface area contributed by atoms with E-state index >= 15 is 0 Å². The Bertz CT molecular complexity index is 431. The van der Waals surface area contributed by atoms with Crippen LogP contribution in [-0.4, -0.2) is 34.7 Å². The normalized spacial score (nSPS) is 23.6. The number of carbonyl (C=O) groups is 2. The van der Waals surface area contributed by atoms with Crippen molar-refractivity contribution in [3.8, 4) is 0 Å². The molecule has 1 aromatic carbocycles. The first-order valence-electron chi connectivity index (χ1n) is 5.33. The number of carboxylic acids is 1. The number of benzene rings is 1. The maximum Gasteiger partial charge on any atom is 0.411 e. The molecule has 0 saturated carbocycles. The lowest BCUT2D eigenvalue weighted by molar-refractivity contribution is -0.137. The number of cyclic esters (lactones) is 1. The maximum atomic E-state index is 11.5. The van der Waals surface area contributed by atoms with Crippen LogP contribution in [0, 0.1) is 0 Å². The Balaban J connectivity index is 2.18. The van der Waals surface area contributed by atoms with Gasteiger partial charge in [0.2, 0.25) is 0 Å². The molecule has 1 fully saturated rings. The standard InChI is InChI=1S/C12H13NO4/c1-8-11(9-5-3-2-4-6-9)17-12(16)13(8)7-10(14)15/h2-6,8,11H,7H2,1H3,(H,14,15)/t8-,11-/m1/s1. The van der Waals surface area contributed by atoms with E-state index in [-0.39, 0.29) is 12.6 Å². The summed E-state index contributed by atoms with van der Waals surface area (Å²) in [4.78, 5) is 23.4. The van der Waals surface area contributed by atoms with Crippen LogP contribution in [0.5, 0.6) is 0 Å². The van der Waals surface area contributed by atoms with E-state index in [2.05, 4.69) is 0 Å². The molecule has 17 heavy (non-hydrogen) atoms. The summed E-state index contributed by atoms with van der Waals surface area (Å²) >= 11 is 0. The molecule has 1 aromatic rings. The van der Waals surface area contributed by atoms with Crippen molar-refractivity contribution in [2.75, 3.05) is 6.54 Å². The summed E-state index contributed by atoms with van der Waals surface area (Å²) < 4.78 is 5.20. The number of hydrogen-bond donors (Lipinski definition) is 1. The third-order valence-corrected chi connectivity index (χ3v) is 2.83. The second-order valence-corrected chi connectivity index (χ2v) is 3.98. The number of hydrogen-bond acceptors (Lipinski definition) is 3. The molecule has 0 spiro atoms. The monoisotopic (exact) mass is 235 g/mol. The Morgan fingerprint density at radius 3 is 2.65 bits per heavy atom. The third-order valence-electron chi connectivity index (χ3n) is 2.83. The van der Waals surface area contributed by atoms with Gasteiger partial charge in [-0.1, -0.05) is 30.3 Å². The van der Waals surface area contributed by atoms with Gasteiger partial charge in [-0.3, -0.25) is 9.69 Å². The SMILES string of the molecule is C[C@@H]1[C@H](c2ccccc2)OC(=O)N1CC(=O)O. The highest BCUT2D eigenvalue weighted by atomic mass is 16.6. The van der Waals surface area contributed by atoms with E-state index in [4.69, 9.17) is 9.84 Å². The molecule has 0 bridgehead atoms. The van der Waals surface area contributed by atoms with Crippen LogP contribution in [0.3, 0.4) is 0 Å². The van der Waals surface area contributed by atoms with E-state index in [0.29, 0.717) is 0 Å². The molecule has 1 N–H and O–H groups in total. The van der Waals surface area contributed by atoms with Gasteiger partial charge >= 0.3 is 12.1 Å². The highest BCUT2D eigenvalue weighted by Gasteiger charge is 2.40. The quantitative estimate of drug-likeness (QED) is 0.865. The predicted octanol–water partition coefficient (Wildman–Crippen LogP) is 1.65. The van der Waals surface area contributed by atoms with Crippen LogP contribution in [0.15, 0.2) is 30.3 Å². The van der Waals surface area contributed by atoms with E-state index in [1.54, 1.807) is 6.92 Å². The molecule has 5 nitrogen and oxygen atoms in total. The van der Waals surface area contributed by atoms with Crippen LogP contribution < -0.4 is 0 Å². The molecule has 0 unspecified atom stereocenters. The lowest BCUT2D eigenvalue weighted by Gasteiger charge is -2.18. The van der Waals surface area contributed by atoms with Gasteiger partial charge in [0.25, 0.3) is 0 Å². The van der Waals surface area contributed by atoms with Gasteiger partial charge in [0.15, 0.2) is 0 Å². The van der Waals surface area contributed by atoms with Crippen molar-refractivity contribution in [1.82, 2.24) is 4.90 Å². The van der Waals surface area contributed by atoms with Crippen molar-refractivity contribution in [3.05, 3.63) is 35.9 Å². The summed E-state index contributed by atoms with van der Waals surface area (Å²) in [7, 11) is 0. The number of amides is 1. The van der Waals surface area contributed by atoms with Gasteiger partial charge in [-0.25, -0.2) is 4.79 Å². The summed E-state index contributed by atoms with van der Waals surface area (Å²) in [6, 6.07) is 9.03. The van der Waals surface area contributed by atoms with Gasteiger partial charge in [-0.05, 0) is 12.5 Å². The summed E-state index contributed by atoms with van der Waals surface area (Å²) in [5.74, 6) is -1.04. The second-order valence-electron chi connectivity index (χ2n) is 3.98. The van der Waals surface area contributed by atoms with E-state index in [1.807, 2.05) is 30.3 Å². The molecule has 90 valence electrons. The van der Waals surface area contributed by atoms with E-state index < -0.39 is 18.2 Å². The fourth-order valence-corrected chi connectivity index (χ4v) is 1.95. The Hall–Kier alpha value is -2.04. The number of carbonyl (C=O) groups excluding carboxylic acids is 1.